The fourth-order valence-electron chi connectivity index (χ4n) is 0.958. The van der Waals surface area contributed by atoms with E-state index in [0.29, 0.717) is 18.9 Å². The lowest BCUT2D eigenvalue weighted by molar-refractivity contribution is 0.356. The molecular formula is C7H16FN2O2P. The average Bonchev–Trinajstić information content (AvgIpc) is 2.06. The van der Waals surface area contributed by atoms with Crippen LogP contribution >= 0.6 is 7.83 Å². The summed E-state index contributed by atoms with van der Waals surface area (Å²) in [5.74, 6) is 0.401. The highest BCUT2D eigenvalue weighted by molar-refractivity contribution is 7.52. The first kappa shape index (κ1) is 12.6. The largest absolute Gasteiger partial charge is 0.492 e. The van der Waals surface area contributed by atoms with E-state index < -0.39 is 7.83 Å². The fourth-order valence-corrected chi connectivity index (χ4v) is 1.51. The first-order valence-electron chi connectivity index (χ1n) is 4.14. The summed E-state index contributed by atoms with van der Waals surface area (Å²) >= 11 is 0. The minimum atomic E-state index is -4.26. The monoisotopic (exact) mass is 210 g/mol. The van der Waals surface area contributed by atoms with Crippen LogP contribution < -0.4 is 0 Å². The van der Waals surface area contributed by atoms with Crippen LogP contribution in [-0.4, -0.2) is 30.9 Å². The second kappa shape index (κ2) is 5.35. The van der Waals surface area contributed by atoms with Gasteiger partial charge in [0.15, 0.2) is 0 Å². The number of amidine groups is 1. The van der Waals surface area contributed by atoms with Crippen LogP contribution in [0.3, 0.4) is 0 Å². The van der Waals surface area contributed by atoms with Gasteiger partial charge in [0.2, 0.25) is 0 Å². The van der Waals surface area contributed by atoms with Crippen molar-refractivity contribution in [2.75, 3.05) is 20.2 Å². The zero-order valence-electron chi connectivity index (χ0n) is 8.45. The van der Waals surface area contributed by atoms with Crippen molar-refractivity contribution in [3.8, 4) is 0 Å². The molecule has 13 heavy (non-hydrogen) atoms. The van der Waals surface area contributed by atoms with Gasteiger partial charge in [0, 0.05) is 20.2 Å². The zero-order valence-corrected chi connectivity index (χ0v) is 9.34. The van der Waals surface area contributed by atoms with E-state index in [1.807, 2.05) is 13.8 Å². The molecule has 6 heteroatoms. The van der Waals surface area contributed by atoms with Crippen molar-refractivity contribution >= 4 is 13.7 Å². The fraction of sp³-hybridized carbons (Fsp3) is 0.857. The lowest BCUT2D eigenvalue weighted by atomic mass is 10.5. The molecule has 1 unspecified atom stereocenters. The third kappa shape index (κ3) is 4.39. The van der Waals surface area contributed by atoms with E-state index in [2.05, 4.69) is 9.29 Å². The maximum Gasteiger partial charge on any atom is 0.492 e. The van der Waals surface area contributed by atoms with Crippen molar-refractivity contribution in [3.05, 3.63) is 0 Å². The van der Waals surface area contributed by atoms with E-state index in [9.17, 15) is 8.76 Å². The summed E-state index contributed by atoms with van der Waals surface area (Å²) in [5.41, 5.74) is 0. The Morgan fingerprint density at radius 3 is 2.31 bits per heavy atom. The van der Waals surface area contributed by atoms with Gasteiger partial charge in [-0.2, -0.15) is 4.76 Å². The first-order chi connectivity index (χ1) is 5.96. The second-order valence-corrected chi connectivity index (χ2v) is 3.92. The first-order valence-corrected chi connectivity index (χ1v) is 5.60. The number of rotatable bonds is 4. The third-order valence-electron chi connectivity index (χ3n) is 1.71. The Balaban J connectivity index is 4.55. The highest BCUT2D eigenvalue weighted by atomic mass is 31.2. The molecular weight excluding hydrogens is 194 g/mol. The van der Waals surface area contributed by atoms with Crippen molar-refractivity contribution in [2.24, 2.45) is 4.76 Å². The Kier molecular flexibility index (Phi) is 5.18. The smallest absolute Gasteiger partial charge is 0.361 e. The van der Waals surface area contributed by atoms with E-state index in [1.54, 1.807) is 11.8 Å². The molecule has 0 saturated carbocycles. The van der Waals surface area contributed by atoms with Gasteiger partial charge in [-0.25, -0.2) is 4.57 Å². The molecule has 0 aromatic heterocycles. The summed E-state index contributed by atoms with van der Waals surface area (Å²) in [5, 5.41) is 0. The van der Waals surface area contributed by atoms with Crippen LogP contribution in [0.4, 0.5) is 4.20 Å². The molecule has 0 fully saturated rings. The SMILES string of the molecule is CCN(CC)C(C)=NP(=O)(F)OC. The van der Waals surface area contributed by atoms with Crippen molar-refractivity contribution in [1.82, 2.24) is 4.90 Å². The van der Waals surface area contributed by atoms with Crippen molar-refractivity contribution in [3.63, 3.8) is 0 Å². The van der Waals surface area contributed by atoms with Crippen LogP contribution in [0.2, 0.25) is 0 Å². The van der Waals surface area contributed by atoms with Gasteiger partial charge < -0.3 is 4.90 Å². The van der Waals surface area contributed by atoms with E-state index in [0.717, 1.165) is 7.11 Å². The lowest BCUT2D eigenvalue weighted by Gasteiger charge is -2.20. The predicted octanol–water partition coefficient (Wildman–Crippen LogP) is 2.47. The topological polar surface area (TPSA) is 41.9 Å². The van der Waals surface area contributed by atoms with Gasteiger partial charge in [-0.3, -0.25) is 4.52 Å². The molecule has 0 aliphatic carbocycles. The lowest BCUT2D eigenvalue weighted by Crippen LogP contribution is -2.28. The number of nitrogens with zero attached hydrogens (tertiary/aromatic N) is 2. The zero-order chi connectivity index (χ0) is 10.5. The number of halogens is 1. The summed E-state index contributed by atoms with van der Waals surface area (Å²) < 4.78 is 31.1. The van der Waals surface area contributed by atoms with Crippen molar-refractivity contribution in [2.45, 2.75) is 20.8 Å². The van der Waals surface area contributed by atoms with Gasteiger partial charge in [-0.05, 0) is 20.8 Å². The number of hydrogen-bond acceptors (Lipinski definition) is 2. The normalized spacial score (nSPS) is 16.8. The van der Waals surface area contributed by atoms with E-state index in [1.165, 1.54) is 0 Å². The minimum absolute atomic E-state index is 0.401. The molecule has 0 saturated heterocycles. The molecule has 0 bridgehead atoms. The predicted molar refractivity (Wildman–Crippen MR) is 51.8 cm³/mol. The molecule has 0 heterocycles. The molecule has 4 nitrogen and oxygen atoms in total. The quantitative estimate of drug-likeness (QED) is 0.406. The molecule has 0 aromatic carbocycles. The highest BCUT2D eigenvalue weighted by Crippen LogP contribution is 2.49. The molecule has 0 aliphatic rings. The van der Waals surface area contributed by atoms with Gasteiger partial charge in [0.1, 0.15) is 5.84 Å². The number of hydrogen-bond donors (Lipinski definition) is 0. The molecule has 0 spiro atoms. The maximum absolute atomic E-state index is 12.8. The summed E-state index contributed by atoms with van der Waals surface area (Å²) in [6.45, 7) is 6.85. The summed E-state index contributed by atoms with van der Waals surface area (Å²) in [7, 11) is -3.22. The molecule has 0 aromatic rings. The van der Waals surface area contributed by atoms with E-state index >= 15 is 0 Å². The van der Waals surface area contributed by atoms with Crippen LogP contribution in [0.5, 0.6) is 0 Å². The van der Waals surface area contributed by atoms with Gasteiger partial charge in [-0.1, -0.05) is 0 Å². The van der Waals surface area contributed by atoms with Crippen LogP contribution in [0, 0.1) is 0 Å². The molecule has 0 N–H and O–H groups in total. The van der Waals surface area contributed by atoms with Crippen LogP contribution in [-0.2, 0) is 9.09 Å². The summed E-state index contributed by atoms with van der Waals surface area (Å²) in [6, 6.07) is 0. The summed E-state index contributed by atoms with van der Waals surface area (Å²) in [6.07, 6.45) is 0. The van der Waals surface area contributed by atoms with Crippen molar-refractivity contribution in [1.29, 1.82) is 0 Å². The minimum Gasteiger partial charge on any atom is -0.361 e. The Morgan fingerprint density at radius 2 is 2.00 bits per heavy atom. The molecule has 0 radical (unpaired) electrons. The highest BCUT2D eigenvalue weighted by Gasteiger charge is 2.19. The van der Waals surface area contributed by atoms with Crippen LogP contribution in [0.25, 0.3) is 0 Å². The van der Waals surface area contributed by atoms with Gasteiger partial charge in [0.25, 0.3) is 0 Å². The Hall–Kier alpha value is -0.410. The Morgan fingerprint density at radius 1 is 1.54 bits per heavy atom. The Labute approximate surface area is 78.4 Å². The standard InChI is InChI=1S/C7H16FN2O2P/c1-5-10(6-2)7(3)9-13(8,11)12-4/h5-6H2,1-4H3. The summed E-state index contributed by atoms with van der Waals surface area (Å²) in [4.78, 5) is 1.80. The maximum atomic E-state index is 12.8. The molecule has 0 amide bonds. The van der Waals surface area contributed by atoms with Crippen LogP contribution in [0.1, 0.15) is 20.8 Å². The van der Waals surface area contributed by atoms with Crippen molar-refractivity contribution < 1.29 is 13.3 Å². The molecule has 1 atom stereocenters. The third-order valence-corrected chi connectivity index (χ3v) is 2.69. The van der Waals surface area contributed by atoms with E-state index in [4.69, 9.17) is 0 Å². The van der Waals surface area contributed by atoms with Gasteiger partial charge in [0.05, 0.1) is 0 Å². The van der Waals surface area contributed by atoms with Gasteiger partial charge >= 0.3 is 7.83 Å². The average molecular weight is 210 g/mol. The molecule has 78 valence electrons. The molecule has 0 aliphatic heterocycles. The second-order valence-electron chi connectivity index (χ2n) is 2.45. The van der Waals surface area contributed by atoms with Crippen LogP contribution in [0.15, 0.2) is 4.76 Å². The Bertz CT molecular complexity index is 229. The van der Waals surface area contributed by atoms with E-state index in [-0.39, 0.29) is 0 Å². The molecule has 0 rings (SSSR count). The van der Waals surface area contributed by atoms with Gasteiger partial charge in [-0.15, -0.1) is 4.20 Å².